The summed E-state index contributed by atoms with van der Waals surface area (Å²) in [5, 5.41) is 10.9. The fraction of sp³-hybridized carbons (Fsp3) is 0. The minimum absolute atomic E-state index is 0.667. The van der Waals surface area contributed by atoms with Crippen molar-refractivity contribution in [2.24, 2.45) is 0 Å². The molecule has 0 saturated heterocycles. The van der Waals surface area contributed by atoms with Crippen LogP contribution in [-0.2, 0) is 0 Å². The lowest BCUT2D eigenvalue weighted by Crippen LogP contribution is -2.03. The van der Waals surface area contributed by atoms with Gasteiger partial charge >= 0.3 is 0 Å². The average molecular weight is 661 g/mol. The smallest absolute Gasteiger partial charge is 0.235 e. The Bertz CT molecular complexity index is 3410. The van der Waals surface area contributed by atoms with Crippen LogP contribution < -0.4 is 0 Å². The first-order valence-corrected chi connectivity index (χ1v) is 17.8. The van der Waals surface area contributed by atoms with E-state index < -0.39 is 0 Å². The van der Waals surface area contributed by atoms with Gasteiger partial charge in [0, 0.05) is 43.3 Å². The Labute approximate surface area is 297 Å². The van der Waals surface area contributed by atoms with Gasteiger partial charge in [-0.2, -0.15) is 0 Å². The van der Waals surface area contributed by atoms with Crippen molar-refractivity contribution in [1.82, 2.24) is 18.9 Å². The highest BCUT2D eigenvalue weighted by molar-refractivity contribution is 6.23. The van der Waals surface area contributed by atoms with E-state index in [0.717, 1.165) is 33.2 Å². The van der Waals surface area contributed by atoms with Crippen molar-refractivity contribution in [2.45, 2.75) is 0 Å². The number of hydrogen-bond acceptors (Lipinski definition) is 2. The van der Waals surface area contributed by atoms with Crippen molar-refractivity contribution >= 4 is 81.6 Å². The molecule has 0 aliphatic carbocycles. The second-order valence-corrected chi connectivity index (χ2v) is 13.8. The number of rotatable bonds is 3. The van der Waals surface area contributed by atoms with Gasteiger partial charge in [-0.15, -0.1) is 0 Å². The van der Waals surface area contributed by atoms with Gasteiger partial charge in [0.05, 0.1) is 38.8 Å². The molecule has 8 aromatic carbocycles. The number of para-hydroxylation sites is 4. The third-order valence-electron chi connectivity index (χ3n) is 11.1. The van der Waals surface area contributed by atoms with Crippen LogP contribution in [0.3, 0.4) is 0 Å². The molecule has 12 rings (SSSR count). The quantitative estimate of drug-likeness (QED) is 0.189. The Hall–Kier alpha value is -7.04. The minimum atomic E-state index is 0.667. The SMILES string of the molecule is c1ccc2c(-c3nc(-n4c5ccccc5c5cc(-c6ccc7c(c6)c6cccc8c9ccccc9n7c86)ccc54)nc4ccccc34)cccc2c1. The molecule has 0 radical (unpaired) electrons. The van der Waals surface area contributed by atoms with Gasteiger partial charge in [-0.25, -0.2) is 9.97 Å². The van der Waals surface area contributed by atoms with Crippen LogP contribution >= 0.6 is 0 Å². The molecule has 0 aliphatic rings. The predicted octanol–water partition coefficient (Wildman–Crippen LogP) is 12.4. The molecule has 4 aromatic heterocycles. The first-order valence-electron chi connectivity index (χ1n) is 17.8. The van der Waals surface area contributed by atoms with E-state index in [1.54, 1.807) is 0 Å². The number of aromatic nitrogens is 4. The average Bonchev–Trinajstić information content (AvgIpc) is 3.85. The summed E-state index contributed by atoms with van der Waals surface area (Å²) in [5.74, 6) is 0.667. The summed E-state index contributed by atoms with van der Waals surface area (Å²) in [5.41, 5.74) is 11.3. The van der Waals surface area contributed by atoms with Crippen molar-refractivity contribution in [3.63, 3.8) is 0 Å². The molecule has 4 heterocycles. The topological polar surface area (TPSA) is 35.1 Å². The molecule has 0 aliphatic heterocycles. The largest absolute Gasteiger partial charge is 0.308 e. The third kappa shape index (κ3) is 3.70. The van der Waals surface area contributed by atoms with Gasteiger partial charge in [0.25, 0.3) is 0 Å². The zero-order chi connectivity index (χ0) is 33.9. The zero-order valence-electron chi connectivity index (χ0n) is 28.0. The summed E-state index contributed by atoms with van der Waals surface area (Å²) in [4.78, 5) is 10.6. The molecule has 0 N–H and O–H groups in total. The van der Waals surface area contributed by atoms with Crippen LogP contribution in [0.1, 0.15) is 0 Å². The van der Waals surface area contributed by atoms with E-state index >= 15 is 0 Å². The maximum atomic E-state index is 5.39. The lowest BCUT2D eigenvalue weighted by molar-refractivity contribution is 1.01. The molecule has 0 spiro atoms. The lowest BCUT2D eigenvalue weighted by Gasteiger charge is -2.13. The fourth-order valence-electron chi connectivity index (χ4n) is 8.78. The zero-order valence-corrected chi connectivity index (χ0v) is 28.0. The number of hydrogen-bond donors (Lipinski definition) is 0. The second-order valence-electron chi connectivity index (χ2n) is 13.8. The lowest BCUT2D eigenvalue weighted by atomic mass is 9.99. The molecule has 52 heavy (non-hydrogen) atoms. The van der Waals surface area contributed by atoms with Gasteiger partial charge in [0.2, 0.25) is 5.95 Å². The Balaban J connectivity index is 1.08. The van der Waals surface area contributed by atoms with Crippen molar-refractivity contribution in [2.75, 3.05) is 0 Å². The standard InChI is InChI=1S/C48H28N4/c1-2-13-32-29(11-1)12-9-17-35(32)46-38-16-3-6-20-41(38)49-48(50-46)52-43-22-8-5-15-34(43)39-27-30(24-26-45(39)52)31-23-25-44-40(28-31)37-19-10-18-36-33-14-4-7-21-42(33)51(44)47(36)37/h1-28H. The minimum Gasteiger partial charge on any atom is -0.308 e. The second kappa shape index (κ2) is 10.3. The number of benzene rings is 8. The van der Waals surface area contributed by atoms with Crippen molar-refractivity contribution < 1.29 is 0 Å². The van der Waals surface area contributed by atoms with E-state index in [1.807, 2.05) is 0 Å². The summed E-state index contributed by atoms with van der Waals surface area (Å²) >= 11 is 0. The van der Waals surface area contributed by atoms with E-state index in [0.29, 0.717) is 5.95 Å². The molecule has 0 bridgehead atoms. The first kappa shape index (κ1) is 27.7. The monoisotopic (exact) mass is 660 g/mol. The van der Waals surface area contributed by atoms with Gasteiger partial charge in [-0.3, -0.25) is 4.57 Å². The molecule has 240 valence electrons. The maximum absolute atomic E-state index is 5.39. The first-order chi connectivity index (χ1) is 25.8. The van der Waals surface area contributed by atoms with E-state index in [1.165, 1.54) is 70.8 Å². The van der Waals surface area contributed by atoms with Crippen molar-refractivity contribution in [3.05, 3.63) is 170 Å². The van der Waals surface area contributed by atoms with Crippen LogP contribution in [0.15, 0.2) is 170 Å². The Morgan fingerprint density at radius 2 is 0.904 bits per heavy atom. The molecule has 0 saturated carbocycles. The van der Waals surface area contributed by atoms with Crippen LogP contribution in [0.4, 0.5) is 0 Å². The summed E-state index contributed by atoms with van der Waals surface area (Å²) < 4.78 is 4.67. The molecule has 0 atom stereocenters. The highest BCUT2D eigenvalue weighted by atomic mass is 15.2. The molecule has 0 unspecified atom stereocenters. The molecule has 4 nitrogen and oxygen atoms in total. The molecular weight excluding hydrogens is 633 g/mol. The van der Waals surface area contributed by atoms with Gasteiger partial charge in [-0.1, -0.05) is 127 Å². The summed E-state index contributed by atoms with van der Waals surface area (Å²) in [6, 6.07) is 61.2. The van der Waals surface area contributed by atoms with Crippen LogP contribution in [0.2, 0.25) is 0 Å². The Morgan fingerprint density at radius 3 is 1.73 bits per heavy atom. The normalized spacial score (nSPS) is 12.2. The van der Waals surface area contributed by atoms with Crippen LogP contribution in [0.5, 0.6) is 0 Å². The maximum Gasteiger partial charge on any atom is 0.235 e. The van der Waals surface area contributed by atoms with E-state index in [-0.39, 0.29) is 0 Å². The van der Waals surface area contributed by atoms with Crippen LogP contribution in [-0.4, -0.2) is 18.9 Å². The Kier molecular flexibility index (Phi) is 5.47. The number of nitrogens with zero attached hydrogens (tertiary/aromatic N) is 4. The van der Waals surface area contributed by atoms with Crippen LogP contribution in [0, 0.1) is 0 Å². The molecule has 0 amide bonds. The van der Waals surface area contributed by atoms with Crippen LogP contribution in [0.25, 0.3) is 110 Å². The highest BCUT2D eigenvalue weighted by Crippen LogP contribution is 2.41. The summed E-state index contributed by atoms with van der Waals surface area (Å²) in [6.07, 6.45) is 0. The summed E-state index contributed by atoms with van der Waals surface area (Å²) in [6.45, 7) is 0. The Morgan fingerprint density at radius 1 is 0.365 bits per heavy atom. The van der Waals surface area contributed by atoms with E-state index in [4.69, 9.17) is 9.97 Å². The summed E-state index contributed by atoms with van der Waals surface area (Å²) in [7, 11) is 0. The third-order valence-corrected chi connectivity index (χ3v) is 11.1. The van der Waals surface area contributed by atoms with E-state index in [9.17, 15) is 0 Å². The van der Waals surface area contributed by atoms with Crippen molar-refractivity contribution in [1.29, 1.82) is 0 Å². The van der Waals surface area contributed by atoms with Gasteiger partial charge in [0.15, 0.2) is 0 Å². The van der Waals surface area contributed by atoms with E-state index in [2.05, 4.69) is 179 Å². The highest BCUT2D eigenvalue weighted by Gasteiger charge is 2.20. The number of fused-ring (bicyclic) bond motifs is 11. The molecular formula is C48H28N4. The molecule has 4 heteroatoms. The molecule has 12 aromatic rings. The van der Waals surface area contributed by atoms with Crippen molar-refractivity contribution in [3.8, 4) is 28.3 Å². The molecule has 0 fully saturated rings. The van der Waals surface area contributed by atoms with Gasteiger partial charge in [0.1, 0.15) is 0 Å². The van der Waals surface area contributed by atoms with Gasteiger partial charge < -0.3 is 4.40 Å². The van der Waals surface area contributed by atoms with Gasteiger partial charge in [-0.05, 0) is 64.4 Å². The predicted molar refractivity (Wildman–Crippen MR) is 217 cm³/mol. The fourth-order valence-corrected chi connectivity index (χ4v) is 8.78.